The molecular formula is C16H25FN2O. The highest BCUT2D eigenvalue weighted by Crippen LogP contribution is 2.19. The first-order valence-electron chi connectivity index (χ1n) is 7.31. The summed E-state index contributed by atoms with van der Waals surface area (Å²) < 4.78 is 19.1. The van der Waals surface area contributed by atoms with Crippen LogP contribution in [0.15, 0.2) is 24.3 Å². The topological polar surface area (TPSA) is 24.5 Å². The summed E-state index contributed by atoms with van der Waals surface area (Å²) in [5, 5.41) is 3.45. The summed E-state index contributed by atoms with van der Waals surface area (Å²) in [6.45, 7) is 10.8. The van der Waals surface area contributed by atoms with Gasteiger partial charge in [-0.3, -0.25) is 4.90 Å². The van der Waals surface area contributed by atoms with Crippen LogP contribution in [0.5, 0.6) is 0 Å². The molecule has 1 fully saturated rings. The summed E-state index contributed by atoms with van der Waals surface area (Å²) in [4.78, 5) is 2.43. The Bertz CT molecular complexity index is 430. The van der Waals surface area contributed by atoms with Gasteiger partial charge in [0, 0.05) is 36.8 Å². The third-order valence-electron chi connectivity index (χ3n) is 4.08. The molecule has 3 nitrogen and oxygen atoms in total. The predicted molar refractivity (Wildman–Crippen MR) is 79.3 cm³/mol. The lowest BCUT2D eigenvalue weighted by Gasteiger charge is -2.41. The highest BCUT2D eigenvalue weighted by molar-refractivity contribution is 5.20. The van der Waals surface area contributed by atoms with Crippen molar-refractivity contribution in [3.8, 4) is 0 Å². The van der Waals surface area contributed by atoms with E-state index in [1.54, 1.807) is 6.07 Å². The summed E-state index contributed by atoms with van der Waals surface area (Å²) in [7, 11) is 0. The van der Waals surface area contributed by atoms with E-state index in [0.717, 1.165) is 38.4 Å². The minimum absolute atomic E-state index is 0.0107. The zero-order chi connectivity index (χ0) is 14.6. The lowest BCUT2D eigenvalue weighted by Crippen LogP contribution is -2.54. The van der Waals surface area contributed by atoms with Gasteiger partial charge in [-0.2, -0.15) is 0 Å². The molecule has 1 aliphatic rings. The third kappa shape index (κ3) is 3.78. The molecule has 1 N–H and O–H groups in total. The lowest BCUT2D eigenvalue weighted by atomic mass is 10.0. The Labute approximate surface area is 121 Å². The molecule has 0 amide bonds. The number of hydrogen-bond acceptors (Lipinski definition) is 3. The van der Waals surface area contributed by atoms with Crippen molar-refractivity contribution >= 4 is 0 Å². The van der Waals surface area contributed by atoms with Gasteiger partial charge in [-0.05, 0) is 26.8 Å². The van der Waals surface area contributed by atoms with E-state index in [1.165, 1.54) is 6.07 Å². The van der Waals surface area contributed by atoms with E-state index in [4.69, 9.17) is 4.74 Å². The van der Waals surface area contributed by atoms with Crippen LogP contribution in [-0.4, -0.2) is 43.3 Å². The van der Waals surface area contributed by atoms with Crippen LogP contribution >= 0.6 is 0 Å². The maximum Gasteiger partial charge on any atom is 0.127 e. The molecule has 1 heterocycles. The number of rotatable bonds is 5. The number of halogens is 1. The van der Waals surface area contributed by atoms with Crippen LogP contribution in [0.3, 0.4) is 0 Å². The van der Waals surface area contributed by atoms with Gasteiger partial charge in [0.25, 0.3) is 0 Å². The van der Waals surface area contributed by atoms with Gasteiger partial charge in [0.05, 0.1) is 13.2 Å². The van der Waals surface area contributed by atoms with Crippen LogP contribution in [-0.2, 0) is 4.74 Å². The average molecular weight is 280 g/mol. The van der Waals surface area contributed by atoms with Crippen molar-refractivity contribution < 1.29 is 9.13 Å². The number of nitrogens with one attached hydrogen (secondary N) is 1. The second kappa shape index (κ2) is 6.66. The van der Waals surface area contributed by atoms with E-state index in [0.29, 0.717) is 0 Å². The van der Waals surface area contributed by atoms with Crippen LogP contribution in [0.1, 0.15) is 32.4 Å². The van der Waals surface area contributed by atoms with Gasteiger partial charge in [0.15, 0.2) is 0 Å². The van der Waals surface area contributed by atoms with Crippen LogP contribution in [0.25, 0.3) is 0 Å². The quantitative estimate of drug-likeness (QED) is 0.897. The maximum atomic E-state index is 13.7. The van der Waals surface area contributed by atoms with Crippen LogP contribution in [0, 0.1) is 5.82 Å². The van der Waals surface area contributed by atoms with Crippen LogP contribution < -0.4 is 5.32 Å². The van der Waals surface area contributed by atoms with Crippen molar-refractivity contribution in [2.24, 2.45) is 0 Å². The van der Waals surface area contributed by atoms with E-state index >= 15 is 0 Å². The first kappa shape index (κ1) is 15.4. The Hall–Kier alpha value is -0.970. The van der Waals surface area contributed by atoms with E-state index in [1.807, 2.05) is 19.1 Å². The molecule has 1 aromatic rings. The van der Waals surface area contributed by atoms with Crippen LogP contribution in [0.2, 0.25) is 0 Å². The molecule has 112 valence electrons. The van der Waals surface area contributed by atoms with Gasteiger partial charge in [-0.15, -0.1) is 0 Å². The van der Waals surface area contributed by atoms with Crippen molar-refractivity contribution in [1.82, 2.24) is 10.2 Å². The molecule has 1 atom stereocenters. The summed E-state index contributed by atoms with van der Waals surface area (Å²) >= 11 is 0. The Balaban J connectivity index is 1.92. The predicted octanol–water partition coefficient (Wildman–Crippen LogP) is 2.59. The van der Waals surface area contributed by atoms with Gasteiger partial charge in [0.1, 0.15) is 5.82 Å². The largest absolute Gasteiger partial charge is 0.379 e. The second-order valence-electron chi connectivity index (χ2n) is 6.04. The minimum Gasteiger partial charge on any atom is -0.379 e. The Morgan fingerprint density at radius 3 is 2.60 bits per heavy atom. The summed E-state index contributed by atoms with van der Waals surface area (Å²) in [5.74, 6) is -0.142. The SMILES string of the molecule is CC(NCC(C)(C)N1CCOCC1)c1ccccc1F. The second-order valence-corrected chi connectivity index (χ2v) is 6.04. The van der Waals surface area contributed by atoms with E-state index in [2.05, 4.69) is 24.1 Å². The number of nitrogens with zero attached hydrogens (tertiary/aromatic N) is 1. The molecule has 2 rings (SSSR count). The fourth-order valence-electron chi connectivity index (χ4n) is 2.62. The maximum absolute atomic E-state index is 13.7. The highest BCUT2D eigenvalue weighted by atomic mass is 19.1. The van der Waals surface area contributed by atoms with E-state index in [9.17, 15) is 4.39 Å². The zero-order valence-electron chi connectivity index (χ0n) is 12.7. The molecule has 0 spiro atoms. The lowest BCUT2D eigenvalue weighted by molar-refractivity contribution is -0.0102. The molecule has 0 saturated carbocycles. The first-order chi connectivity index (χ1) is 9.50. The van der Waals surface area contributed by atoms with Crippen LogP contribution in [0.4, 0.5) is 4.39 Å². The first-order valence-corrected chi connectivity index (χ1v) is 7.31. The average Bonchev–Trinajstić information content (AvgIpc) is 2.46. The fourth-order valence-corrected chi connectivity index (χ4v) is 2.62. The van der Waals surface area contributed by atoms with E-state index < -0.39 is 0 Å². The molecule has 0 bridgehead atoms. The van der Waals surface area contributed by atoms with E-state index in [-0.39, 0.29) is 17.4 Å². The summed E-state index contributed by atoms with van der Waals surface area (Å²) in [6, 6.07) is 6.97. The molecule has 1 aromatic carbocycles. The molecule has 1 unspecified atom stereocenters. The fraction of sp³-hybridized carbons (Fsp3) is 0.625. The van der Waals surface area contributed by atoms with Gasteiger partial charge < -0.3 is 10.1 Å². The number of hydrogen-bond donors (Lipinski definition) is 1. The summed E-state index contributed by atoms with van der Waals surface area (Å²) in [6.07, 6.45) is 0. The smallest absolute Gasteiger partial charge is 0.127 e. The minimum atomic E-state index is -0.142. The van der Waals surface area contributed by atoms with Gasteiger partial charge in [-0.25, -0.2) is 4.39 Å². The third-order valence-corrected chi connectivity index (χ3v) is 4.08. The van der Waals surface area contributed by atoms with Crippen molar-refractivity contribution in [2.75, 3.05) is 32.8 Å². The van der Waals surface area contributed by atoms with Crippen molar-refractivity contribution in [2.45, 2.75) is 32.4 Å². The van der Waals surface area contributed by atoms with Gasteiger partial charge in [0.2, 0.25) is 0 Å². The molecule has 1 aliphatic heterocycles. The van der Waals surface area contributed by atoms with Crippen molar-refractivity contribution in [3.05, 3.63) is 35.6 Å². The molecule has 0 aliphatic carbocycles. The Morgan fingerprint density at radius 2 is 1.95 bits per heavy atom. The zero-order valence-corrected chi connectivity index (χ0v) is 12.7. The molecule has 4 heteroatoms. The summed E-state index contributed by atoms with van der Waals surface area (Å²) in [5.41, 5.74) is 0.772. The number of ether oxygens (including phenoxy) is 1. The van der Waals surface area contributed by atoms with Gasteiger partial charge >= 0.3 is 0 Å². The standard InChI is InChI=1S/C16H25FN2O/c1-13(14-6-4-5-7-15(14)17)18-12-16(2,3)19-8-10-20-11-9-19/h4-7,13,18H,8-12H2,1-3H3. The Morgan fingerprint density at radius 1 is 1.30 bits per heavy atom. The number of benzene rings is 1. The molecule has 0 radical (unpaired) electrons. The Kier molecular flexibility index (Phi) is 5.13. The normalized spacial score (nSPS) is 19.0. The number of morpholine rings is 1. The molecule has 20 heavy (non-hydrogen) atoms. The van der Waals surface area contributed by atoms with Gasteiger partial charge in [-0.1, -0.05) is 18.2 Å². The molecule has 0 aromatic heterocycles. The van der Waals surface area contributed by atoms with Crippen molar-refractivity contribution in [1.29, 1.82) is 0 Å². The van der Waals surface area contributed by atoms with Crippen molar-refractivity contribution in [3.63, 3.8) is 0 Å². The highest BCUT2D eigenvalue weighted by Gasteiger charge is 2.28. The monoisotopic (exact) mass is 280 g/mol. The molecule has 1 saturated heterocycles. The molecular weight excluding hydrogens is 255 g/mol.